The number of ether oxygens (including phenoxy) is 1. The van der Waals surface area contributed by atoms with Crippen LogP contribution in [0, 0.1) is 0 Å². The zero-order chi connectivity index (χ0) is 14.2. The van der Waals surface area contributed by atoms with Crippen molar-refractivity contribution in [1.29, 1.82) is 0 Å². The van der Waals surface area contributed by atoms with Gasteiger partial charge in [-0.25, -0.2) is 4.79 Å². The molecule has 4 nitrogen and oxygen atoms in total. The van der Waals surface area contributed by atoms with Gasteiger partial charge in [0.2, 0.25) is 0 Å². The molecular formula is C15H19ClN2O2. The second kappa shape index (κ2) is 8.04. The average Bonchev–Trinajstić information content (AvgIpc) is 2.48. The lowest BCUT2D eigenvalue weighted by atomic mass is 10.2. The summed E-state index contributed by atoms with van der Waals surface area (Å²) in [6, 6.07) is 7.29. The van der Waals surface area contributed by atoms with Crippen molar-refractivity contribution < 1.29 is 9.53 Å². The van der Waals surface area contributed by atoms with Crippen LogP contribution in [0.2, 0.25) is 5.02 Å². The Hall–Kier alpha value is -1.36. The highest BCUT2D eigenvalue weighted by atomic mass is 35.5. The van der Waals surface area contributed by atoms with Gasteiger partial charge in [-0.1, -0.05) is 23.7 Å². The van der Waals surface area contributed by atoms with Gasteiger partial charge in [0, 0.05) is 43.8 Å². The summed E-state index contributed by atoms with van der Waals surface area (Å²) in [4.78, 5) is 13.8. The Bertz CT molecular complexity index is 453. The van der Waals surface area contributed by atoms with E-state index in [1.165, 1.54) is 6.08 Å². The summed E-state index contributed by atoms with van der Waals surface area (Å²) < 4.78 is 5.18. The molecular weight excluding hydrogens is 276 g/mol. The molecule has 0 unspecified atom stereocenters. The van der Waals surface area contributed by atoms with Crippen LogP contribution in [0.1, 0.15) is 5.56 Å². The normalized spacial score (nSPS) is 16.4. The highest BCUT2D eigenvalue weighted by Gasteiger charge is 2.09. The summed E-state index contributed by atoms with van der Waals surface area (Å²) in [5.41, 5.74) is 0.924. The van der Waals surface area contributed by atoms with Gasteiger partial charge in [-0.15, -0.1) is 0 Å². The topological polar surface area (TPSA) is 41.6 Å². The van der Waals surface area contributed by atoms with Gasteiger partial charge in [0.15, 0.2) is 0 Å². The smallest absolute Gasteiger partial charge is 0.330 e. The maximum Gasteiger partial charge on any atom is 0.330 e. The molecule has 0 atom stereocenters. The Balaban J connectivity index is 1.68. The lowest BCUT2D eigenvalue weighted by molar-refractivity contribution is -0.138. The van der Waals surface area contributed by atoms with E-state index in [1.807, 2.05) is 12.1 Å². The maximum absolute atomic E-state index is 11.6. The molecule has 1 fully saturated rings. The molecule has 1 aromatic rings. The van der Waals surface area contributed by atoms with Crippen molar-refractivity contribution in [2.45, 2.75) is 0 Å². The van der Waals surface area contributed by atoms with Crippen LogP contribution in [0.4, 0.5) is 0 Å². The van der Waals surface area contributed by atoms with Crippen LogP contribution < -0.4 is 5.32 Å². The average molecular weight is 295 g/mol. The molecule has 1 N–H and O–H groups in total. The predicted molar refractivity (Wildman–Crippen MR) is 80.8 cm³/mol. The van der Waals surface area contributed by atoms with E-state index >= 15 is 0 Å². The summed E-state index contributed by atoms with van der Waals surface area (Å²) in [6.07, 6.45) is 3.17. The lowest BCUT2D eigenvalue weighted by Gasteiger charge is -2.26. The Morgan fingerprint density at radius 1 is 1.30 bits per heavy atom. The van der Waals surface area contributed by atoms with Gasteiger partial charge in [0.25, 0.3) is 0 Å². The van der Waals surface area contributed by atoms with Crippen molar-refractivity contribution in [2.75, 3.05) is 39.3 Å². The third-order valence-electron chi connectivity index (χ3n) is 3.14. The van der Waals surface area contributed by atoms with E-state index in [0.29, 0.717) is 11.6 Å². The van der Waals surface area contributed by atoms with Crippen molar-refractivity contribution in [3.05, 3.63) is 40.9 Å². The second-order valence-electron chi connectivity index (χ2n) is 4.64. The van der Waals surface area contributed by atoms with E-state index in [0.717, 1.165) is 38.3 Å². The number of piperazine rings is 1. The standard InChI is InChI=1S/C15H19ClN2O2/c16-14-4-1-13(2-5-14)3-6-15(19)20-12-11-18-9-7-17-8-10-18/h1-6,17H,7-12H2/b6-3+. The first-order valence-corrected chi connectivity index (χ1v) is 7.15. The van der Waals surface area contributed by atoms with Crippen molar-refractivity contribution in [3.8, 4) is 0 Å². The fourth-order valence-corrected chi connectivity index (χ4v) is 2.12. The van der Waals surface area contributed by atoms with Crippen LogP contribution >= 0.6 is 11.6 Å². The molecule has 0 aliphatic carbocycles. The quantitative estimate of drug-likeness (QED) is 0.664. The molecule has 1 aliphatic rings. The second-order valence-corrected chi connectivity index (χ2v) is 5.08. The third-order valence-corrected chi connectivity index (χ3v) is 3.40. The molecule has 108 valence electrons. The summed E-state index contributed by atoms with van der Waals surface area (Å²) in [6.45, 7) is 5.26. The highest BCUT2D eigenvalue weighted by molar-refractivity contribution is 6.30. The van der Waals surface area contributed by atoms with Crippen molar-refractivity contribution in [3.63, 3.8) is 0 Å². The largest absolute Gasteiger partial charge is 0.461 e. The van der Waals surface area contributed by atoms with E-state index in [9.17, 15) is 4.79 Å². The number of benzene rings is 1. The Kier molecular flexibility index (Phi) is 6.05. The molecule has 0 spiro atoms. The molecule has 2 rings (SSSR count). The molecule has 5 heteroatoms. The number of hydrogen-bond donors (Lipinski definition) is 1. The number of nitrogens with one attached hydrogen (secondary N) is 1. The predicted octanol–water partition coefficient (Wildman–Crippen LogP) is 1.80. The first-order valence-electron chi connectivity index (χ1n) is 6.77. The molecule has 20 heavy (non-hydrogen) atoms. The molecule has 1 saturated heterocycles. The van der Waals surface area contributed by atoms with Crippen LogP contribution in [0.15, 0.2) is 30.3 Å². The van der Waals surface area contributed by atoms with E-state index in [2.05, 4.69) is 10.2 Å². The zero-order valence-electron chi connectivity index (χ0n) is 11.3. The van der Waals surface area contributed by atoms with Crippen molar-refractivity contribution in [1.82, 2.24) is 10.2 Å². The first-order chi connectivity index (χ1) is 9.74. The lowest BCUT2D eigenvalue weighted by Crippen LogP contribution is -2.44. The van der Waals surface area contributed by atoms with Crippen LogP contribution in [0.5, 0.6) is 0 Å². The number of carbonyl (C=O) groups excluding carboxylic acids is 1. The Labute approximate surface area is 124 Å². The van der Waals surface area contributed by atoms with Crippen LogP contribution in [-0.2, 0) is 9.53 Å². The van der Waals surface area contributed by atoms with Gasteiger partial charge in [-0.05, 0) is 23.8 Å². The van der Waals surface area contributed by atoms with Crippen LogP contribution in [-0.4, -0.2) is 50.2 Å². The van der Waals surface area contributed by atoms with Crippen molar-refractivity contribution >= 4 is 23.6 Å². The summed E-state index contributed by atoms with van der Waals surface area (Å²) in [7, 11) is 0. The van der Waals surface area contributed by atoms with Crippen molar-refractivity contribution in [2.24, 2.45) is 0 Å². The monoisotopic (exact) mass is 294 g/mol. The number of esters is 1. The zero-order valence-corrected chi connectivity index (χ0v) is 12.1. The van der Waals surface area contributed by atoms with Gasteiger partial charge in [-0.3, -0.25) is 4.90 Å². The number of hydrogen-bond acceptors (Lipinski definition) is 4. The molecule has 1 aliphatic heterocycles. The molecule has 0 aromatic heterocycles. The number of halogens is 1. The number of nitrogens with zero attached hydrogens (tertiary/aromatic N) is 1. The molecule has 0 saturated carbocycles. The molecule has 0 radical (unpaired) electrons. The molecule has 1 aromatic carbocycles. The summed E-state index contributed by atoms with van der Waals surface area (Å²) in [5, 5.41) is 3.97. The fourth-order valence-electron chi connectivity index (χ4n) is 2.00. The van der Waals surface area contributed by atoms with Gasteiger partial charge >= 0.3 is 5.97 Å². The van der Waals surface area contributed by atoms with Gasteiger partial charge in [0.1, 0.15) is 6.61 Å². The van der Waals surface area contributed by atoms with Gasteiger partial charge in [-0.2, -0.15) is 0 Å². The minimum Gasteiger partial charge on any atom is -0.461 e. The highest BCUT2D eigenvalue weighted by Crippen LogP contribution is 2.10. The third kappa shape index (κ3) is 5.33. The molecule has 0 amide bonds. The molecule has 1 heterocycles. The van der Waals surface area contributed by atoms with Gasteiger partial charge < -0.3 is 10.1 Å². The first kappa shape index (κ1) is 15.0. The van der Waals surface area contributed by atoms with E-state index in [1.54, 1.807) is 18.2 Å². The number of rotatable bonds is 5. The summed E-state index contributed by atoms with van der Waals surface area (Å²) in [5.74, 6) is -0.310. The van der Waals surface area contributed by atoms with Gasteiger partial charge in [0.05, 0.1) is 0 Å². The maximum atomic E-state index is 11.6. The molecule has 0 bridgehead atoms. The van der Waals surface area contributed by atoms with Crippen LogP contribution in [0.3, 0.4) is 0 Å². The Morgan fingerprint density at radius 3 is 2.70 bits per heavy atom. The van der Waals surface area contributed by atoms with E-state index in [4.69, 9.17) is 16.3 Å². The summed E-state index contributed by atoms with van der Waals surface area (Å²) >= 11 is 5.79. The SMILES string of the molecule is O=C(/C=C/c1ccc(Cl)cc1)OCCN1CCNCC1. The minimum atomic E-state index is -0.310. The van der Waals surface area contributed by atoms with E-state index < -0.39 is 0 Å². The van der Waals surface area contributed by atoms with Crippen LogP contribution in [0.25, 0.3) is 6.08 Å². The van der Waals surface area contributed by atoms with E-state index in [-0.39, 0.29) is 5.97 Å². The Morgan fingerprint density at radius 2 is 2.00 bits per heavy atom. The minimum absolute atomic E-state index is 0.310. The fraction of sp³-hybridized carbons (Fsp3) is 0.400. The number of carbonyl (C=O) groups is 1.